The molecule has 0 aromatic rings. The molecule has 0 spiro atoms. The summed E-state index contributed by atoms with van der Waals surface area (Å²) >= 11 is 0. The van der Waals surface area contributed by atoms with Crippen LogP contribution < -0.4 is 11.1 Å². The number of rotatable bonds is 48. The van der Waals surface area contributed by atoms with Gasteiger partial charge in [0.25, 0.3) is 0 Å². The molecule has 9 nitrogen and oxygen atoms in total. The number of hydrogen-bond donors (Lipinski definition) is 5. The van der Waals surface area contributed by atoms with Gasteiger partial charge < -0.3 is 26.2 Å². The summed E-state index contributed by atoms with van der Waals surface area (Å²) in [5, 5.41) is 24.1. The van der Waals surface area contributed by atoms with E-state index in [0.717, 1.165) is 32.1 Å². The molecule has 6 N–H and O–H groups in total. The van der Waals surface area contributed by atoms with Gasteiger partial charge in [-0.2, -0.15) is 0 Å². The number of allylic oxidation sites excluding steroid dienone is 3. The van der Waals surface area contributed by atoms with Crippen molar-refractivity contribution in [3.05, 3.63) is 24.3 Å². The maximum Gasteiger partial charge on any atom is 0.472 e. The Balaban J connectivity index is 4.21. The van der Waals surface area contributed by atoms with Crippen LogP contribution >= 0.6 is 7.82 Å². The maximum absolute atomic E-state index is 12.9. The second-order valence-electron chi connectivity index (χ2n) is 17.6. The number of unbranched alkanes of at least 4 members (excludes halogenated alkanes) is 32. The third-order valence-electron chi connectivity index (χ3n) is 11.6. The first-order chi connectivity index (χ1) is 29.3. The predicted octanol–water partition coefficient (Wildman–Crippen LogP) is 13.9. The van der Waals surface area contributed by atoms with Crippen molar-refractivity contribution in [2.75, 3.05) is 19.8 Å². The monoisotopic (exact) mass is 871 g/mol. The SMILES string of the molecule is CCCCCCCCCCCCCC/C=C/CC/C=C/C(O)C(COP(=O)(O)OCCN)NC(=O)CC(O)CCCCCCCCCCCCCCCCCCCCCC. The zero-order valence-electron chi connectivity index (χ0n) is 39.3. The van der Waals surface area contributed by atoms with Gasteiger partial charge in [0.05, 0.1) is 37.9 Å². The standard InChI is InChI=1S/C50H99N2O7P/c1-3-5-7-9-11-13-15-17-19-21-23-24-25-27-29-31-33-35-37-39-41-47(53)45-50(55)52-48(46-59-60(56,57)58-44-43-51)49(54)42-40-38-36-34-32-30-28-26-22-20-18-16-14-12-10-8-6-4-2/h32,34,40,42,47-49,53-54H,3-31,33,35-39,41,43-46,51H2,1-2H3,(H,52,55)(H,56,57)/b34-32+,42-40+. The number of aliphatic hydroxyl groups is 2. The zero-order chi connectivity index (χ0) is 44.0. The Bertz CT molecular complexity index is 1010. The van der Waals surface area contributed by atoms with Crippen molar-refractivity contribution in [3.8, 4) is 0 Å². The molecule has 4 atom stereocenters. The van der Waals surface area contributed by atoms with Gasteiger partial charge in [0.1, 0.15) is 0 Å². The van der Waals surface area contributed by atoms with Crippen molar-refractivity contribution in [3.63, 3.8) is 0 Å². The number of carbonyl (C=O) groups is 1. The predicted molar refractivity (Wildman–Crippen MR) is 255 cm³/mol. The Morgan fingerprint density at radius 2 is 0.950 bits per heavy atom. The quantitative estimate of drug-likeness (QED) is 0.0230. The van der Waals surface area contributed by atoms with Gasteiger partial charge in [-0.3, -0.25) is 13.8 Å². The molecule has 0 aliphatic rings. The molecule has 4 unspecified atom stereocenters. The molecule has 0 aromatic heterocycles. The van der Waals surface area contributed by atoms with Crippen LogP contribution in [0.25, 0.3) is 0 Å². The Labute approximate surface area is 370 Å². The molecule has 10 heteroatoms. The second kappa shape index (κ2) is 45.9. The summed E-state index contributed by atoms with van der Waals surface area (Å²) in [5.74, 6) is -0.451. The Morgan fingerprint density at radius 3 is 1.38 bits per heavy atom. The van der Waals surface area contributed by atoms with Crippen molar-refractivity contribution in [1.29, 1.82) is 0 Å². The molecule has 0 saturated heterocycles. The highest BCUT2D eigenvalue weighted by molar-refractivity contribution is 7.47. The number of phosphoric ester groups is 1. The molecule has 1 amide bonds. The van der Waals surface area contributed by atoms with E-state index in [9.17, 15) is 24.5 Å². The van der Waals surface area contributed by atoms with Gasteiger partial charge in [-0.05, 0) is 32.1 Å². The molecule has 0 radical (unpaired) electrons. The van der Waals surface area contributed by atoms with E-state index in [-0.39, 0.29) is 19.6 Å². The summed E-state index contributed by atoms with van der Waals surface area (Å²) in [4.78, 5) is 22.8. The van der Waals surface area contributed by atoms with Gasteiger partial charge in [0.2, 0.25) is 5.91 Å². The average molecular weight is 871 g/mol. The number of nitrogens with two attached hydrogens (primary N) is 1. The zero-order valence-corrected chi connectivity index (χ0v) is 40.2. The molecule has 0 heterocycles. The molecule has 0 bridgehead atoms. The maximum atomic E-state index is 12.9. The van der Waals surface area contributed by atoms with E-state index < -0.39 is 38.6 Å². The van der Waals surface area contributed by atoms with Gasteiger partial charge in [-0.15, -0.1) is 0 Å². The van der Waals surface area contributed by atoms with Gasteiger partial charge in [0.15, 0.2) is 0 Å². The smallest absolute Gasteiger partial charge is 0.393 e. The molecule has 356 valence electrons. The minimum Gasteiger partial charge on any atom is -0.393 e. The van der Waals surface area contributed by atoms with Crippen LogP contribution in [0.3, 0.4) is 0 Å². The fourth-order valence-corrected chi connectivity index (χ4v) is 8.48. The van der Waals surface area contributed by atoms with E-state index >= 15 is 0 Å². The molecule has 0 rings (SSSR count). The topological polar surface area (TPSA) is 151 Å². The van der Waals surface area contributed by atoms with Crippen LogP contribution in [0, 0.1) is 0 Å². The van der Waals surface area contributed by atoms with E-state index in [0.29, 0.717) is 12.8 Å². The fourth-order valence-electron chi connectivity index (χ4n) is 7.72. The minimum atomic E-state index is -4.41. The Morgan fingerprint density at radius 1 is 0.567 bits per heavy atom. The molecule has 0 aliphatic heterocycles. The summed E-state index contributed by atoms with van der Waals surface area (Å²) in [5.41, 5.74) is 5.38. The van der Waals surface area contributed by atoms with Crippen LogP contribution in [0.2, 0.25) is 0 Å². The first-order valence-corrected chi connectivity index (χ1v) is 27.0. The molecule has 0 fully saturated rings. The Hall–Kier alpha value is -1.06. The molecule has 0 aromatic carbocycles. The van der Waals surface area contributed by atoms with Crippen molar-refractivity contribution in [2.45, 2.75) is 270 Å². The summed E-state index contributed by atoms with van der Waals surface area (Å²) in [7, 11) is -4.41. The lowest BCUT2D eigenvalue weighted by atomic mass is 10.0. The van der Waals surface area contributed by atoms with Crippen LogP contribution in [-0.2, 0) is 18.4 Å². The van der Waals surface area contributed by atoms with E-state index in [1.807, 2.05) is 6.08 Å². The molecular weight excluding hydrogens is 772 g/mol. The van der Waals surface area contributed by atoms with Crippen molar-refractivity contribution in [2.24, 2.45) is 5.73 Å². The number of nitrogens with one attached hydrogen (secondary N) is 1. The number of aliphatic hydroxyl groups excluding tert-OH is 2. The van der Waals surface area contributed by atoms with E-state index in [4.69, 9.17) is 14.8 Å². The van der Waals surface area contributed by atoms with Crippen LogP contribution in [0.5, 0.6) is 0 Å². The highest BCUT2D eigenvalue weighted by atomic mass is 31.2. The van der Waals surface area contributed by atoms with Gasteiger partial charge >= 0.3 is 7.82 Å². The fraction of sp³-hybridized carbons (Fsp3) is 0.900. The lowest BCUT2D eigenvalue weighted by Gasteiger charge is -2.24. The molecule has 60 heavy (non-hydrogen) atoms. The lowest BCUT2D eigenvalue weighted by Crippen LogP contribution is -2.46. The highest BCUT2D eigenvalue weighted by Crippen LogP contribution is 2.43. The number of hydrogen-bond acceptors (Lipinski definition) is 7. The molecular formula is C50H99N2O7P. The van der Waals surface area contributed by atoms with Crippen LogP contribution in [-0.4, -0.2) is 59.0 Å². The van der Waals surface area contributed by atoms with Gasteiger partial charge in [0, 0.05) is 6.54 Å². The largest absolute Gasteiger partial charge is 0.472 e. The number of amides is 1. The van der Waals surface area contributed by atoms with Crippen LogP contribution in [0.1, 0.15) is 251 Å². The summed E-state index contributed by atoms with van der Waals surface area (Å²) in [6.45, 7) is 3.99. The summed E-state index contributed by atoms with van der Waals surface area (Å²) < 4.78 is 22.1. The third-order valence-corrected chi connectivity index (χ3v) is 12.6. The van der Waals surface area contributed by atoms with E-state index in [1.165, 1.54) is 186 Å². The highest BCUT2D eigenvalue weighted by Gasteiger charge is 2.27. The van der Waals surface area contributed by atoms with Crippen molar-refractivity contribution < 1.29 is 33.5 Å². The first kappa shape index (κ1) is 58.9. The van der Waals surface area contributed by atoms with Crippen molar-refractivity contribution in [1.82, 2.24) is 5.32 Å². The Kier molecular flexibility index (Phi) is 45.1. The van der Waals surface area contributed by atoms with E-state index in [1.54, 1.807) is 6.08 Å². The third kappa shape index (κ3) is 43.6. The van der Waals surface area contributed by atoms with Crippen LogP contribution in [0.4, 0.5) is 0 Å². The summed E-state index contributed by atoms with van der Waals surface area (Å²) in [6.07, 6.45) is 51.3. The molecule has 0 aliphatic carbocycles. The minimum absolute atomic E-state index is 0.0463. The van der Waals surface area contributed by atoms with Crippen LogP contribution in [0.15, 0.2) is 24.3 Å². The second-order valence-corrected chi connectivity index (χ2v) is 19.0. The molecule has 0 saturated carbocycles. The lowest BCUT2D eigenvalue weighted by molar-refractivity contribution is -0.124. The summed E-state index contributed by atoms with van der Waals surface area (Å²) in [6, 6.07) is -0.996. The first-order valence-electron chi connectivity index (χ1n) is 25.5. The number of phosphoric acid groups is 1. The van der Waals surface area contributed by atoms with Crippen molar-refractivity contribution >= 4 is 13.7 Å². The van der Waals surface area contributed by atoms with Gasteiger partial charge in [-0.25, -0.2) is 4.57 Å². The average Bonchev–Trinajstić information content (AvgIpc) is 3.23. The van der Waals surface area contributed by atoms with E-state index in [2.05, 4.69) is 31.3 Å². The van der Waals surface area contributed by atoms with Gasteiger partial charge in [-0.1, -0.05) is 237 Å². The normalized spacial score (nSPS) is 14.6. The number of carbonyl (C=O) groups excluding carboxylic acids is 1.